The highest BCUT2D eigenvalue weighted by Crippen LogP contribution is 2.33. The molecule has 0 heterocycles. The minimum Gasteiger partial charge on any atom is -0.390 e. The fourth-order valence-corrected chi connectivity index (χ4v) is 2.52. The van der Waals surface area contributed by atoms with Crippen LogP contribution in [0.2, 0.25) is 0 Å². The Labute approximate surface area is 101 Å². The van der Waals surface area contributed by atoms with E-state index in [0.29, 0.717) is 12.0 Å². The quantitative estimate of drug-likeness (QED) is 0.731. The van der Waals surface area contributed by atoms with E-state index in [9.17, 15) is 5.11 Å². The SMILES string of the molecule is CCCNC1CCC(O)(CCC(C)C)CC1. The van der Waals surface area contributed by atoms with Crippen molar-refractivity contribution in [2.45, 2.75) is 77.4 Å². The van der Waals surface area contributed by atoms with Crippen LogP contribution in [0.15, 0.2) is 0 Å². The average Bonchev–Trinajstić information content (AvgIpc) is 2.26. The van der Waals surface area contributed by atoms with Crippen molar-refractivity contribution < 1.29 is 5.11 Å². The van der Waals surface area contributed by atoms with Gasteiger partial charge in [-0.15, -0.1) is 0 Å². The van der Waals surface area contributed by atoms with Gasteiger partial charge in [-0.05, 0) is 57.4 Å². The lowest BCUT2D eigenvalue weighted by atomic mass is 9.78. The molecule has 1 rings (SSSR count). The molecule has 0 aromatic carbocycles. The third kappa shape index (κ3) is 4.84. The van der Waals surface area contributed by atoms with Crippen molar-refractivity contribution in [1.82, 2.24) is 5.32 Å². The fraction of sp³-hybridized carbons (Fsp3) is 1.00. The van der Waals surface area contributed by atoms with Gasteiger partial charge in [-0.25, -0.2) is 0 Å². The van der Waals surface area contributed by atoms with Crippen molar-refractivity contribution in [3.63, 3.8) is 0 Å². The molecule has 16 heavy (non-hydrogen) atoms. The standard InChI is InChI=1S/C14H29NO/c1-4-11-15-13-6-9-14(16,10-7-13)8-5-12(2)3/h12-13,15-16H,4-11H2,1-3H3. The Morgan fingerprint density at radius 1 is 1.31 bits per heavy atom. The Bertz CT molecular complexity index is 183. The smallest absolute Gasteiger partial charge is 0.0649 e. The Hall–Kier alpha value is -0.0800. The van der Waals surface area contributed by atoms with Crippen molar-refractivity contribution in [3.05, 3.63) is 0 Å². The van der Waals surface area contributed by atoms with Crippen LogP contribution in [0.4, 0.5) is 0 Å². The average molecular weight is 227 g/mol. The van der Waals surface area contributed by atoms with Crippen LogP contribution in [0.5, 0.6) is 0 Å². The molecule has 1 fully saturated rings. The first-order valence-corrected chi connectivity index (χ1v) is 7.01. The van der Waals surface area contributed by atoms with Gasteiger partial charge in [0.2, 0.25) is 0 Å². The molecule has 2 heteroatoms. The van der Waals surface area contributed by atoms with Crippen LogP contribution in [0, 0.1) is 5.92 Å². The number of aliphatic hydroxyl groups is 1. The van der Waals surface area contributed by atoms with E-state index in [1.165, 1.54) is 6.42 Å². The van der Waals surface area contributed by atoms with E-state index >= 15 is 0 Å². The first-order chi connectivity index (χ1) is 7.56. The van der Waals surface area contributed by atoms with Gasteiger partial charge in [0.25, 0.3) is 0 Å². The molecule has 0 aromatic rings. The number of rotatable bonds is 6. The molecule has 96 valence electrons. The maximum absolute atomic E-state index is 10.4. The molecule has 0 aliphatic heterocycles. The summed E-state index contributed by atoms with van der Waals surface area (Å²) in [6.07, 6.45) is 7.62. The van der Waals surface area contributed by atoms with E-state index < -0.39 is 0 Å². The maximum Gasteiger partial charge on any atom is 0.0649 e. The summed E-state index contributed by atoms with van der Waals surface area (Å²) in [6, 6.07) is 0.652. The molecular weight excluding hydrogens is 198 g/mol. The van der Waals surface area contributed by atoms with Crippen LogP contribution in [-0.4, -0.2) is 23.3 Å². The summed E-state index contributed by atoms with van der Waals surface area (Å²) in [6.45, 7) is 7.79. The zero-order valence-corrected chi connectivity index (χ0v) is 11.3. The molecule has 0 bridgehead atoms. The molecule has 2 N–H and O–H groups in total. The highest BCUT2D eigenvalue weighted by atomic mass is 16.3. The number of nitrogens with one attached hydrogen (secondary N) is 1. The normalized spacial score (nSPS) is 30.9. The van der Waals surface area contributed by atoms with Gasteiger partial charge < -0.3 is 10.4 Å². The fourth-order valence-electron chi connectivity index (χ4n) is 2.52. The molecule has 1 saturated carbocycles. The van der Waals surface area contributed by atoms with E-state index in [1.807, 2.05) is 0 Å². The van der Waals surface area contributed by atoms with Crippen LogP contribution in [0.1, 0.15) is 65.7 Å². The summed E-state index contributed by atoms with van der Waals surface area (Å²) in [5.41, 5.74) is -0.353. The first kappa shape index (κ1) is 14.0. The Morgan fingerprint density at radius 2 is 1.94 bits per heavy atom. The van der Waals surface area contributed by atoms with Gasteiger partial charge in [0.15, 0.2) is 0 Å². The monoisotopic (exact) mass is 227 g/mol. The predicted octanol–water partition coefficient (Wildman–Crippen LogP) is 3.10. The second kappa shape index (κ2) is 6.61. The highest BCUT2D eigenvalue weighted by Gasteiger charge is 2.32. The molecule has 0 aromatic heterocycles. The van der Waals surface area contributed by atoms with Crippen LogP contribution >= 0.6 is 0 Å². The van der Waals surface area contributed by atoms with Gasteiger partial charge in [-0.1, -0.05) is 20.8 Å². The summed E-state index contributed by atoms with van der Waals surface area (Å²) in [7, 11) is 0. The van der Waals surface area contributed by atoms with Gasteiger partial charge >= 0.3 is 0 Å². The van der Waals surface area contributed by atoms with Crippen molar-refractivity contribution >= 4 is 0 Å². The third-order valence-corrected chi connectivity index (χ3v) is 3.79. The molecule has 0 radical (unpaired) electrons. The van der Waals surface area contributed by atoms with Crippen molar-refractivity contribution in [2.75, 3.05) is 6.54 Å². The molecule has 0 unspecified atom stereocenters. The number of hydrogen-bond acceptors (Lipinski definition) is 2. The van der Waals surface area contributed by atoms with Crippen molar-refractivity contribution in [2.24, 2.45) is 5.92 Å². The lowest BCUT2D eigenvalue weighted by molar-refractivity contribution is -0.0149. The lowest BCUT2D eigenvalue weighted by Crippen LogP contribution is -2.41. The van der Waals surface area contributed by atoms with Gasteiger partial charge in [0, 0.05) is 6.04 Å². The topological polar surface area (TPSA) is 32.3 Å². The van der Waals surface area contributed by atoms with E-state index in [0.717, 1.165) is 45.1 Å². The molecule has 0 atom stereocenters. The molecule has 2 nitrogen and oxygen atoms in total. The Morgan fingerprint density at radius 3 is 2.44 bits per heavy atom. The van der Waals surface area contributed by atoms with Gasteiger partial charge in [0.05, 0.1) is 5.60 Å². The maximum atomic E-state index is 10.4. The zero-order chi connectivity index (χ0) is 12.0. The molecule has 1 aliphatic carbocycles. The van der Waals surface area contributed by atoms with E-state index in [1.54, 1.807) is 0 Å². The summed E-state index contributed by atoms with van der Waals surface area (Å²) in [5.74, 6) is 0.708. The first-order valence-electron chi connectivity index (χ1n) is 7.01. The summed E-state index contributed by atoms with van der Waals surface area (Å²) < 4.78 is 0. The van der Waals surface area contributed by atoms with E-state index in [2.05, 4.69) is 26.1 Å². The molecule has 0 saturated heterocycles. The van der Waals surface area contributed by atoms with E-state index in [4.69, 9.17) is 0 Å². The molecule has 0 spiro atoms. The lowest BCUT2D eigenvalue weighted by Gasteiger charge is -2.37. The zero-order valence-electron chi connectivity index (χ0n) is 11.3. The van der Waals surface area contributed by atoms with Gasteiger partial charge in [0.1, 0.15) is 0 Å². The second-order valence-electron chi connectivity index (χ2n) is 5.89. The highest BCUT2D eigenvalue weighted by molar-refractivity contribution is 4.88. The summed E-state index contributed by atoms with van der Waals surface area (Å²) in [4.78, 5) is 0. The molecule has 1 aliphatic rings. The van der Waals surface area contributed by atoms with Crippen LogP contribution in [0.25, 0.3) is 0 Å². The number of hydrogen-bond donors (Lipinski definition) is 2. The van der Waals surface area contributed by atoms with Crippen LogP contribution < -0.4 is 5.32 Å². The van der Waals surface area contributed by atoms with Crippen molar-refractivity contribution in [3.8, 4) is 0 Å². The third-order valence-electron chi connectivity index (χ3n) is 3.79. The van der Waals surface area contributed by atoms with Gasteiger partial charge in [-0.3, -0.25) is 0 Å². The largest absolute Gasteiger partial charge is 0.390 e. The Balaban J connectivity index is 2.23. The minimum absolute atomic E-state index is 0.353. The molecular formula is C14H29NO. The van der Waals surface area contributed by atoms with Crippen LogP contribution in [-0.2, 0) is 0 Å². The summed E-state index contributed by atoms with van der Waals surface area (Å²) >= 11 is 0. The summed E-state index contributed by atoms with van der Waals surface area (Å²) in [5, 5.41) is 14.0. The van der Waals surface area contributed by atoms with E-state index in [-0.39, 0.29) is 5.60 Å². The minimum atomic E-state index is -0.353. The van der Waals surface area contributed by atoms with Gasteiger partial charge in [-0.2, -0.15) is 0 Å². The predicted molar refractivity (Wildman–Crippen MR) is 69.6 cm³/mol. The van der Waals surface area contributed by atoms with Crippen molar-refractivity contribution in [1.29, 1.82) is 0 Å². The second-order valence-corrected chi connectivity index (χ2v) is 5.89. The van der Waals surface area contributed by atoms with Crippen LogP contribution in [0.3, 0.4) is 0 Å². The Kier molecular flexibility index (Phi) is 5.77. The molecule has 0 amide bonds.